The van der Waals surface area contributed by atoms with Gasteiger partial charge in [-0.25, -0.2) is 0 Å². The van der Waals surface area contributed by atoms with Gasteiger partial charge in [-0.3, -0.25) is 4.79 Å². The van der Waals surface area contributed by atoms with Crippen LogP contribution in [0, 0.1) is 17.8 Å². The molecule has 3 atom stereocenters. The minimum Gasteiger partial charge on any atom is -0.459 e. The highest BCUT2D eigenvalue weighted by atomic mass is 16.7. The van der Waals surface area contributed by atoms with Crippen LogP contribution in [0.5, 0.6) is 0 Å². The number of rotatable bonds is 7. The fraction of sp³-hybridized carbons (Fsp3) is 0.842. The molecule has 2 aliphatic heterocycles. The molecule has 6 heteroatoms. The second-order valence-corrected chi connectivity index (χ2v) is 7.42. The van der Waals surface area contributed by atoms with Gasteiger partial charge in [-0.2, -0.15) is 0 Å². The molecule has 25 heavy (non-hydrogen) atoms. The molecule has 1 N–H and O–H groups in total. The van der Waals surface area contributed by atoms with Gasteiger partial charge in [0.2, 0.25) is 6.29 Å². The number of allylic oxidation sites excluding steroid dienone is 1. The minimum atomic E-state index is -0.416. The van der Waals surface area contributed by atoms with Gasteiger partial charge in [-0.15, -0.1) is 0 Å². The Morgan fingerprint density at radius 2 is 2.04 bits per heavy atom. The summed E-state index contributed by atoms with van der Waals surface area (Å²) in [4.78, 5) is 17.0. The van der Waals surface area contributed by atoms with Crippen molar-refractivity contribution in [1.82, 2.24) is 9.80 Å². The maximum atomic E-state index is 12.9. The van der Waals surface area contributed by atoms with Gasteiger partial charge in [0.25, 0.3) is 5.91 Å². The van der Waals surface area contributed by atoms with Crippen molar-refractivity contribution in [2.45, 2.75) is 39.9 Å². The van der Waals surface area contributed by atoms with E-state index in [1.807, 2.05) is 17.9 Å². The number of piperazine rings is 1. The highest BCUT2D eigenvalue weighted by molar-refractivity contribution is 5.91. The zero-order chi connectivity index (χ0) is 18.4. The smallest absolute Gasteiger partial charge is 0.288 e. The second-order valence-electron chi connectivity index (χ2n) is 7.42. The van der Waals surface area contributed by atoms with Crippen LogP contribution in [-0.2, 0) is 14.3 Å². The molecule has 0 saturated carbocycles. The molecule has 6 nitrogen and oxygen atoms in total. The lowest BCUT2D eigenvalue weighted by atomic mass is 9.78. The number of aliphatic hydroxyl groups is 1. The number of carbonyl (C=O) groups excluding carboxylic acids is 1. The summed E-state index contributed by atoms with van der Waals surface area (Å²) in [6.07, 6.45) is 3.14. The first-order valence-electron chi connectivity index (χ1n) is 9.56. The molecule has 0 aliphatic carbocycles. The van der Waals surface area contributed by atoms with E-state index in [0.29, 0.717) is 18.3 Å². The number of likely N-dealkylation sites (N-methyl/N-ethyl adjacent to an activating group) is 1. The van der Waals surface area contributed by atoms with E-state index in [4.69, 9.17) is 9.47 Å². The third kappa shape index (κ3) is 5.19. The highest BCUT2D eigenvalue weighted by Gasteiger charge is 2.39. The second kappa shape index (κ2) is 9.55. The summed E-state index contributed by atoms with van der Waals surface area (Å²) in [5.74, 6) is 1.16. The van der Waals surface area contributed by atoms with E-state index in [-0.39, 0.29) is 24.3 Å². The summed E-state index contributed by atoms with van der Waals surface area (Å²) >= 11 is 0. The Hall–Kier alpha value is -1.11. The molecule has 0 bridgehead atoms. The minimum absolute atomic E-state index is 0.0240. The maximum absolute atomic E-state index is 12.9. The number of aliphatic hydroxyl groups excluding tert-OH is 1. The average molecular weight is 354 g/mol. The molecular formula is C19H34N2O4. The Labute approximate surface area is 151 Å². The largest absolute Gasteiger partial charge is 0.459 e. The zero-order valence-electron chi connectivity index (χ0n) is 16.1. The van der Waals surface area contributed by atoms with Crippen LogP contribution >= 0.6 is 0 Å². The van der Waals surface area contributed by atoms with Crippen LogP contribution in [0.1, 0.15) is 33.6 Å². The third-order valence-electron chi connectivity index (χ3n) is 5.23. The zero-order valence-corrected chi connectivity index (χ0v) is 16.1. The van der Waals surface area contributed by atoms with E-state index in [9.17, 15) is 9.90 Å². The van der Waals surface area contributed by atoms with Crippen molar-refractivity contribution in [2.75, 3.05) is 46.4 Å². The summed E-state index contributed by atoms with van der Waals surface area (Å²) in [5, 5.41) is 9.21. The Morgan fingerprint density at radius 1 is 1.36 bits per heavy atom. The summed E-state index contributed by atoms with van der Waals surface area (Å²) < 4.78 is 11.8. The first-order chi connectivity index (χ1) is 12.0. The molecule has 2 rings (SSSR count). The fourth-order valence-corrected chi connectivity index (χ4v) is 3.68. The van der Waals surface area contributed by atoms with Gasteiger partial charge in [0.1, 0.15) is 0 Å². The van der Waals surface area contributed by atoms with Gasteiger partial charge in [0.15, 0.2) is 5.76 Å². The molecule has 0 aromatic heterocycles. The van der Waals surface area contributed by atoms with Gasteiger partial charge < -0.3 is 24.4 Å². The van der Waals surface area contributed by atoms with Crippen LogP contribution < -0.4 is 0 Å². The Kier molecular flexibility index (Phi) is 7.72. The van der Waals surface area contributed by atoms with Crippen molar-refractivity contribution >= 4 is 5.91 Å². The molecule has 1 saturated heterocycles. The monoisotopic (exact) mass is 354 g/mol. The Morgan fingerprint density at radius 3 is 2.60 bits per heavy atom. The van der Waals surface area contributed by atoms with Crippen molar-refractivity contribution in [3.05, 3.63) is 11.8 Å². The molecule has 2 heterocycles. The lowest BCUT2D eigenvalue weighted by molar-refractivity contribution is -0.178. The highest BCUT2D eigenvalue weighted by Crippen LogP contribution is 2.37. The van der Waals surface area contributed by atoms with E-state index in [2.05, 4.69) is 25.8 Å². The van der Waals surface area contributed by atoms with Crippen LogP contribution in [0.2, 0.25) is 0 Å². The molecular weight excluding hydrogens is 320 g/mol. The van der Waals surface area contributed by atoms with E-state index >= 15 is 0 Å². The van der Waals surface area contributed by atoms with Crippen molar-refractivity contribution < 1.29 is 19.4 Å². The summed E-state index contributed by atoms with van der Waals surface area (Å²) in [6, 6.07) is 0. The summed E-state index contributed by atoms with van der Waals surface area (Å²) in [7, 11) is 2.07. The topological polar surface area (TPSA) is 62.2 Å². The maximum Gasteiger partial charge on any atom is 0.288 e. The predicted octanol–water partition coefficient (Wildman–Crippen LogP) is 1.70. The standard InChI is InChI=1S/C19H34N2O4/c1-5-24-19-15(7-6-12-22)16(14(2)3)13-17(25-19)18(23)21-10-8-20(4)9-11-21/h13-16,19,22H,5-12H2,1-4H3/t15-,16+,19+/m0/s1. The Balaban J connectivity index is 2.17. The number of nitrogens with zero attached hydrogens (tertiary/aromatic N) is 2. The van der Waals surface area contributed by atoms with E-state index in [1.54, 1.807) is 0 Å². The number of hydrogen-bond donors (Lipinski definition) is 1. The summed E-state index contributed by atoms with van der Waals surface area (Å²) in [5.41, 5.74) is 0. The molecule has 0 spiro atoms. The first kappa shape index (κ1) is 20.2. The van der Waals surface area contributed by atoms with Gasteiger partial charge in [-0.05, 0) is 44.7 Å². The SMILES string of the molecule is CCO[C@@H]1OC(C(=O)N2CCN(C)CC2)=C[C@H](C(C)C)[C@@H]1CCCO. The molecule has 0 unspecified atom stereocenters. The number of ether oxygens (including phenoxy) is 2. The molecule has 1 fully saturated rings. The molecule has 0 radical (unpaired) electrons. The Bertz CT molecular complexity index is 458. The van der Waals surface area contributed by atoms with Crippen LogP contribution in [0.25, 0.3) is 0 Å². The number of carbonyl (C=O) groups is 1. The molecule has 1 amide bonds. The van der Waals surface area contributed by atoms with Crippen molar-refractivity contribution in [3.8, 4) is 0 Å². The molecule has 0 aromatic rings. The molecule has 144 valence electrons. The number of hydrogen-bond acceptors (Lipinski definition) is 5. The van der Waals surface area contributed by atoms with Crippen molar-refractivity contribution in [2.24, 2.45) is 17.8 Å². The lowest BCUT2D eigenvalue weighted by Crippen LogP contribution is -2.49. The normalized spacial score (nSPS) is 28.0. The average Bonchev–Trinajstić information content (AvgIpc) is 2.60. The van der Waals surface area contributed by atoms with E-state index in [0.717, 1.165) is 39.0 Å². The quantitative estimate of drug-likeness (QED) is 0.754. The first-order valence-corrected chi connectivity index (χ1v) is 9.56. The van der Waals surface area contributed by atoms with Gasteiger partial charge in [0, 0.05) is 45.3 Å². The van der Waals surface area contributed by atoms with E-state index < -0.39 is 6.29 Å². The molecule has 0 aromatic carbocycles. The molecule has 2 aliphatic rings. The van der Waals surface area contributed by atoms with Crippen molar-refractivity contribution in [3.63, 3.8) is 0 Å². The van der Waals surface area contributed by atoms with Gasteiger partial charge >= 0.3 is 0 Å². The van der Waals surface area contributed by atoms with Crippen LogP contribution in [0.15, 0.2) is 11.8 Å². The summed E-state index contributed by atoms with van der Waals surface area (Å²) in [6.45, 7) is 10.2. The number of amides is 1. The predicted molar refractivity (Wildman–Crippen MR) is 96.8 cm³/mol. The van der Waals surface area contributed by atoms with Crippen LogP contribution in [0.4, 0.5) is 0 Å². The fourth-order valence-electron chi connectivity index (χ4n) is 3.68. The third-order valence-corrected chi connectivity index (χ3v) is 5.23. The van der Waals surface area contributed by atoms with E-state index in [1.165, 1.54) is 0 Å². The van der Waals surface area contributed by atoms with Crippen molar-refractivity contribution in [1.29, 1.82) is 0 Å². The van der Waals surface area contributed by atoms with Crippen LogP contribution in [-0.4, -0.2) is 73.5 Å². The van der Waals surface area contributed by atoms with Gasteiger partial charge in [-0.1, -0.05) is 13.8 Å². The lowest BCUT2D eigenvalue weighted by Gasteiger charge is -2.40. The van der Waals surface area contributed by atoms with Gasteiger partial charge in [0.05, 0.1) is 0 Å². The van der Waals surface area contributed by atoms with Crippen LogP contribution in [0.3, 0.4) is 0 Å².